The predicted molar refractivity (Wildman–Crippen MR) is 58.4 cm³/mol. The number of nitriles is 1. The van der Waals surface area contributed by atoms with Crippen molar-refractivity contribution in [1.29, 1.82) is 5.26 Å². The minimum Gasteiger partial charge on any atom is -0.479 e. The van der Waals surface area contributed by atoms with Crippen LogP contribution >= 0.6 is 0 Å². The van der Waals surface area contributed by atoms with E-state index in [-0.39, 0.29) is 18.4 Å². The van der Waals surface area contributed by atoms with Gasteiger partial charge in [-0.3, -0.25) is 4.79 Å². The second-order valence-electron chi connectivity index (χ2n) is 3.43. The number of hydrogen-bond acceptors (Lipinski definition) is 4. The van der Waals surface area contributed by atoms with Gasteiger partial charge in [-0.15, -0.1) is 0 Å². The molecule has 1 rings (SSSR count). The number of benzene rings is 1. The number of hydrogen-bond donors (Lipinski definition) is 2. The fourth-order valence-electron chi connectivity index (χ4n) is 1.59. The molecule has 2 N–H and O–H groups in total. The van der Waals surface area contributed by atoms with Crippen molar-refractivity contribution in [2.24, 2.45) is 0 Å². The van der Waals surface area contributed by atoms with E-state index < -0.39 is 12.1 Å². The molecule has 0 saturated heterocycles. The highest BCUT2D eigenvalue weighted by Crippen LogP contribution is 2.22. The molecular weight excluding hydrogens is 222 g/mol. The van der Waals surface area contributed by atoms with Crippen molar-refractivity contribution >= 4 is 12.3 Å². The van der Waals surface area contributed by atoms with E-state index in [1.54, 1.807) is 0 Å². The lowest BCUT2D eigenvalue weighted by Gasteiger charge is -2.13. The zero-order valence-electron chi connectivity index (χ0n) is 8.96. The Bertz CT molecular complexity index is 476. The summed E-state index contributed by atoms with van der Waals surface area (Å²) in [6.45, 7) is 0. The van der Waals surface area contributed by atoms with Gasteiger partial charge in [0.25, 0.3) is 0 Å². The maximum Gasteiger partial charge on any atom is 0.337 e. The number of carbonyl (C=O) groups is 2. The van der Waals surface area contributed by atoms with Gasteiger partial charge in [-0.1, -0.05) is 18.2 Å². The lowest BCUT2D eigenvalue weighted by molar-refractivity contribution is -0.147. The number of carbonyl (C=O) groups excluding carboxylic acids is 1. The molecule has 0 saturated carbocycles. The molecule has 5 nitrogen and oxygen atoms in total. The number of rotatable bonds is 5. The number of aliphatic hydroxyl groups excluding tert-OH is 1. The Balaban J connectivity index is 3.24. The monoisotopic (exact) mass is 233 g/mol. The van der Waals surface area contributed by atoms with Gasteiger partial charge in [-0.2, -0.15) is 5.26 Å². The number of carboxylic acids is 1. The van der Waals surface area contributed by atoms with Crippen molar-refractivity contribution in [2.45, 2.75) is 18.9 Å². The zero-order valence-corrected chi connectivity index (χ0v) is 8.96. The molecule has 0 aliphatic rings. The van der Waals surface area contributed by atoms with Gasteiger partial charge in [0.1, 0.15) is 6.29 Å². The van der Waals surface area contributed by atoms with Crippen molar-refractivity contribution < 1.29 is 19.8 Å². The fraction of sp³-hybridized carbons (Fsp3) is 0.250. The number of aliphatic carboxylic acids is 1. The van der Waals surface area contributed by atoms with Crippen LogP contribution in [0.25, 0.3) is 0 Å². The minimum absolute atomic E-state index is 0.157. The van der Waals surface area contributed by atoms with Crippen molar-refractivity contribution in [2.75, 3.05) is 0 Å². The van der Waals surface area contributed by atoms with Crippen molar-refractivity contribution in [3.05, 3.63) is 34.9 Å². The van der Waals surface area contributed by atoms with Gasteiger partial charge in [0.15, 0.2) is 6.10 Å². The number of aldehydes is 1. The largest absolute Gasteiger partial charge is 0.479 e. The van der Waals surface area contributed by atoms with Crippen LogP contribution in [0.2, 0.25) is 0 Å². The van der Waals surface area contributed by atoms with Gasteiger partial charge in [-0.25, -0.2) is 4.79 Å². The summed E-state index contributed by atoms with van der Waals surface area (Å²) in [4.78, 5) is 21.5. The molecule has 0 aromatic heterocycles. The fourth-order valence-corrected chi connectivity index (χ4v) is 1.59. The standard InChI is InChI=1S/C12H11NO4/c13-6-2-5-9-8(7-14)3-1-4-10(9)11(15)12(16)17/h1,3-4,7,11,15H,2,5H2,(H,16,17). The molecule has 1 unspecified atom stereocenters. The van der Waals surface area contributed by atoms with Crippen LogP contribution in [0.15, 0.2) is 18.2 Å². The van der Waals surface area contributed by atoms with E-state index in [4.69, 9.17) is 10.4 Å². The third-order valence-corrected chi connectivity index (χ3v) is 2.39. The topological polar surface area (TPSA) is 98.4 Å². The summed E-state index contributed by atoms with van der Waals surface area (Å²) in [5, 5.41) is 26.8. The quantitative estimate of drug-likeness (QED) is 0.741. The van der Waals surface area contributed by atoms with Crippen LogP contribution in [0, 0.1) is 11.3 Å². The summed E-state index contributed by atoms with van der Waals surface area (Å²) in [5.74, 6) is -1.38. The minimum atomic E-state index is -1.68. The van der Waals surface area contributed by atoms with Gasteiger partial charge in [0, 0.05) is 12.0 Å². The normalized spacial score (nSPS) is 11.5. The summed E-state index contributed by atoms with van der Waals surface area (Å²) in [7, 11) is 0. The van der Waals surface area contributed by atoms with E-state index in [0.717, 1.165) is 0 Å². The summed E-state index contributed by atoms with van der Waals surface area (Å²) < 4.78 is 0. The Morgan fingerprint density at radius 1 is 1.53 bits per heavy atom. The molecule has 1 aromatic rings. The number of nitrogens with zero attached hydrogens (tertiary/aromatic N) is 1. The molecule has 0 amide bonds. The Morgan fingerprint density at radius 3 is 2.76 bits per heavy atom. The van der Waals surface area contributed by atoms with Crippen molar-refractivity contribution in [3.8, 4) is 6.07 Å². The molecule has 0 heterocycles. The first-order valence-corrected chi connectivity index (χ1v) is 4.96. The van der Waals surface area contributed by atoms with Crippen LogP contribution in [-0.4, -0.2) is 22.5 Å². The molecule has 0 spiro atoms. The maximum atomic E-state index is 10.8. The molecule has 0 bridgehead atoms. The molecule has 5 heteroatoms. The number of carboxylic acid groups (broad SMARTS) is 1. The first kappa shape index (κ1) is 12.9. The van der Waals surface area contributed by atoms with Crippen LogP contribution in [0.5, 0.6) is 0 Å². The highest BCUT2D eigenvalue weighted by molar-refractivity contribution is 5.81. The molecule has 1 atom stereocenters. The summed E-state index contributed by atoms with van der Waals surface area (Å²) in [5.41, 5.74) is 0.884. The Morgan fingerprint density at radius 2 is 2.24 bits per heavy atom. The second kappa shape index (κ2) is 5.77. The van der Waals surface area contributed by atoms with Crippen molar-refractivity contribution in [3.63, 3.8) is 0 Å². The van der Waals surface area contributed by atoms with E-state index in [0.29, 0.717) is 17.4 Å². The summed E-state index contributed by atoms with van der Waals surface area (Å²) >= 11 is 0. The first-order valence-electron chi connectivity index (χ1n) is 4.96. The first-order chi connectivity index (χ1) is 8.11. The van der Waals surface area contributed by atoms with E-state index in [1.165, 1.54) is 18.2 Å². The van der Waals surface area contributed by atoms with Crippen LogP contribution in [0.1, 0.15) is 34.0 Å². The molecule has 1 aromatic carbocycles. The lowest BCUT2D eigenvalue weighted by Crippen LogP contribution is -2.14. The van der Waals surface area contributed by atoms with E-state index in [1.807, 2.05) is 6.07 Å². The number of aliphatic hydroxyl groups is 1. The Kier molecular flexibility index (Phi) is 4.37. The van der Waals surface area contributed by atoms with Gasteiger partial charge in [0.2, 0.25) is 0 Å². The van der Waals surface area contributed by atoms with Gasteiger partial charge >= 0.3 is 5.97 Å². The predicted octanol–water partition coefficient (Wildman–Crippen LogP) is 1.07. The highest BCUT2D eigenvalue weighted by atomic mass is 16.4. The molecular formula is C12H11NO4. The maximum absolute atomic E-state index is 10.8. The molecule has 0 aliphatic carbocycles. The summed E-state index contributed by atoms with van der Waals surface area (Å²) in [6, 6.07) is 6.39. The van der Waals surface area contributed by atoms with Crippen LogP contribution in [-0.2, 0) is 11.2 Å². The zero-order chi connectivity index (χ0) is 12.8. The van der Waals surface area contributed by atoms with Gasteiger partial charge in [-0.05, 0) is 17.5 Å². The average Bonchev–Trinajstić information content (AvgIpc) is 2.34. The second-order valence-corrected chi connectivity index (χ2v) is 3.43. The smallest absolute Gasteiger partial charge is 0.337 e. The van der Waals surface area contributed by atoms with E-state index in [2.05, 4.69) is 0 Å². The molecule has 88 valence electrons. The molecule has 0 aliphatic heterocycles. The lowest BCUT2D eigenvalue weighted by atomic mass is 9.94. The molecule has 0 radical (unpaired) electrons. The van der Waals surface area contributed by atoms with Crippen LogP contribution < -0.4 is 0 Å². The Labute approximate surface area is 97.9 Å². The average molecular weight is 233 g/mol. The highest BCUT2D eigenvalue weighted by Gasteiger charge is 2.20. The Hall–Kier alpha value is -2.19. The van der Waals surface area contributed by atoms with E-state index in [9.17, 15) is 14.7 Å². The third kappa shape index (κ3) is 2.89. The SMILES string of the molecule is N#CCCc1c(C=O)cccc1C(O)C(=O)O. The van der Waals surface area contributed by atoms with Crippen LogP contribution in [0.4, 0.5) is 0 Å². The van der Waals surface area contributed by atoms with Crippen LogP contribution in [0.3, 0.4) is 0 Å². The molecule has 17 heavy (non-hydrogen) atoms. The third-order valence-electron chi connectivity index (χ3n) is 2.39. The van der Waals surface area contributed by atoms with E-state index >= 15 is 0 Å². The van der Waals surface area contributed by atoms with Gasteiger partial charge < -0.3 is 10.2 Å². The van der Waals surface area contributed by atoms with Crippen molar-refractivity contribution in [1.82, 2.24) is 0 Å². The van der Waals surface area contributed by atoms with Gasteiger partial charge in [0.05, 0.1) is 6.07 Å². The molecule has 0 fully saturated rings. The summed E-state index contributed by atoms with van der Waals surface area (Å²) in [6.07, 6.45) is -0.691.